The fourth-order valence-electron chi connectivity index (χ4n) is 3.24. The van der Waals surface area contributed by atoms with Crippen molar-refractivity contribution in [2.45, 2.75) is 6.61 Å². The number of nitrogens with zero attached hydrogens (tertiary/aromatic N) is 7. The molecule has 5 aromatic rings. The molecule has 36 heavy (non-hydrogen) atoms. The first-order chi connectivity index (χ1) is 17.6. The third-order valence-electron chi connectivity index (χ3n) is 4.89. The highest BCUT2D eigenvalue weighted by Crippen LogP contribution is 2.35. The second kappa shape index (κ2) is 10.5. The zero-order valence-corrected chi connectivity index (χ0v) is 20.3. The highest BCUT2D eigenvalue weighted by Gasteiger charge is 2.17. The van der Waals surface area contributed by atoms with Crippen LogP contribution < -0.4 is 4.74 Å². The zero-order valence-electron chi connectivity index (χ0n) is 18.7. The molecule has 10 nitrogen and oxygen atoms in total. The van der Waals surface area contributed by atoms with Gasteiger partial charge < -0.3 is 14.0 Å². The maximum Gasteiger partial charge on any atom is 0.257 e. The summed E-state index contributed by atoms with van der Waals surface area (Å²) in [5, 5.41) is 25.0. The molecule has 2 heterocycles. The Labute approximate surface area is 215 Å². The summed E-state index contributed by atoms with van der Waals surface area (Å²) in [6.07, 6.45) is 0. The molecule has 0 atom stereocenters. The average Bonchev–Trinajstić information content (AvgIpc) is 3.52. The first-order valence-electron chi connectivity index (χ1n) is 10.6. The van der Waals surface area contributed by atoms with E-state index < -0.39 is 0 Å². The molecule has 180 valence electrons. The number of aryl methyl sites for hydroxylation is 1. The molecule has 0 spiro atoms. The Hall–Kier alpha value is -4.28. The van der Waals surface area contributed by atoms with Gasteiger partial charge in [0.15, 0.2) is 12.3 Å². The summed E-state index contributed by atoms with van der Waals surface area (Å²) in [5.41, 5.74) is 1.79. The average molecular weight is 522 g/mol. The number of oxime groups is 1. The molecule has 0 aliphatic heterocycles. The summed E-state index contributed by atoms with van der Waals surface area (Å²) in [4.78, 5) is 5.54. The van der Waals surface area contributed by atoms with Crippen molar-refractivity contribution in [3.05, 3.63) is 100 Å². The van der Waals surface area contributed by atoms with Gasteiger partial charge in [-0.2, -0.15) is 0 Å². The maximum absolute atomic E-state index is 6.19. The van der Waals surface area contributed by atoms with Gasteiger partial charge in [0, 0.05) is 28.7 Å². The molecule has 0 bridgehead atoms. The molecule has 3 aromatic carbocycles. The molecule has 0 saturated carbocycles. The summed E-state index contributed by atoms with van der Waals surface area (Å²) in [7, 11) is 1.72. The summed E-state index contributed by atoms with van der Waals surface area (Å²) in [6.45, 7) is -0.0767. The predicted molar refractivity (Wildman–Crippen MR) is 132 cm³/mol. The Balaban J connectivity index is 1.36. The van der Waals surface area contributed by atoms with Crippen LogP contribution in [0.5, 0.6) is 11.5 Å². The quantitative estimate of drug-likeness (QED) is 0.199. The molecule has 0 fully saturated rings. The van der Waals surface area contributed by atoms with E-state index in [1.807, 2.05) is 30.3 Å². The summed E-state index contributed by atoms with van der Waals surface area (Å²) in [5.74, 6) is 1.85. The second-order valence-corrected chi connectivity index (χ2v) is 8.28. The maximum atomic E-state index is 6.19. The smallest absolute Gasteiger partial charge is 0.257 e. The van der Waals surface area contributed by atoms with Crippen LogP contribution in [0.25, 0.3) is 11.5 Å². The predicted octanol–water partition coefficient (Wildman–Crippen LogP) is 5.33. The SMILES string of the molecule is Cn1nnnc1/C(=N\OCc1nnc(-c2ccc(Cl)cc2Oc2cccc(Cl)c2)o1)c1ccccc1. The normalized spacial score (nSPS) is 11.5. The Morgan fingerprint density at radius 1 is 0.944 bits per heavy atom. The summed E-state index contributed by atoms with van der Waals surface area (Å²) in [6, 6.07) is 21.5. The van der Waals surface area contributed by atoms with Crippen LogP contribution in [0.2, 0.25) is 10.0 Å². The first kappa shape index (κ1) is 23.5. The molecular weight excluding hydrogens is 505 g/mol. The number of benzene rings is 3. The lowest BCUT2D eigenvalue weighted by Crippen LogP contribution is -2.12. The van der Waals surface area contributed by atoms with Gasteiger partial charge in [0.1, 0.15) is 11.5 Å². The van der Waals surface area contributed by atoms with Crippen LogP contribution in [0.15, 0.2) is 82.4 Å². The number of aromatic nitrogens is 6. The Morgan fingerprint density at radius 3 is 2.56 bits per heavy atom. The lowest BCUT2D eigenvalue weighted by molar-refractivity contribution is 0.111. The number of rotatable bonds is 8. The Morgan fingerprint density at radius 2 is 1.78 bits per heavy atom. The van der Waals surface area contributed by atoms with Gasteiger partial charge in [-0.15, -0.1) is 15.3 Å². The van der Waals surface area contributed by atoms with Crippen molar-refractivity contribution >= 4 is 28.9 Å². The molecule has 0 saturated heterocycles. The fraction of sp³-hybridized carbons (Fsp3) is 0.0833. The molecule has 0 N–H and O–H groups in total. The third-order valence-corrected chi connectivity index (χ3v) is 5.36. The van der Waals surface area contributed by atoms with E-state index >= 15 is 0 Å². The summed E-state index contributed by atoms with van der Waals surface area (Å²) < 4.78 is 13.3. The van der Waals surface area contributed by atoms with Crippen molar-refractivity contribution in [2.24, 2.45) is 12.2 Å². The van der Waals surface area contributed by atoms with E-state index in [9.17, 15) is 0 Å². The van der Waals surface area contributed by atoms with Crippen molar-refractivity contribution in [1.82, 2.24) is 30.4 Å². The van der Waals surface area contributed by atoms with Crippen LogP contribution >= 0.6 is 23.2 Å². The van der Waals surface area contributed by atoms with Crippen LogP contribution in [0.1, 0.15) is 17.3 Å². The van der Waals surface area contributed by atoms with Crippen LogP contribution in [-0.4, -0.2) is 36.1 Å². The molecular formula is C24H17Cl2N7O3. The van der Waals surface area contributed by atoms with E-state index in [4.69, 9.17) is 37.2 Å². The van der Waals surface area contributed by atoms with E-state index in [0.717, 1.165) is 5.56 Å². The summed E-state index contributed by atoms with van der Waals surface area (Å²) >= 11 is 12.3. The van der Waals surface area contributed by atoms with Gasteiger partial charge in [0.05, 0.1) is 5.56 Å². The monoisotopic (exact) mass is 521 g/mol. The van der Waals surface area contributed by atoms with Gasteiger partial charge in [-0.1, -0.05) is 64.8 Å². The molecule has 0 aliphatic rings. The van der Waals surface area contributed by atoms with Gasteiger partial charge >= 0.3 is 0 Å². The molecule has 0 amide bonds. The van der Waals surface area contributed by atoms with E-state index in [-0.39, 0.29) is 18.4 Å². The highest BCUT2D eigenvalue weighted by molar-refractivity contribution is 6.31. The highest BCUT2D eigenvalue weighted by atomic mass is 35.5. The number of ether oxygens (including phenoxy) is 1. The minimum atomic E-state index is -0.0767. The third kappa shape index (κ3) is 5.35. The van der Waals surface area contributed by atoms with E-state index in [2.05, 4.69) is 30.9 Å². The topological polar surface area (TPSA) is 113 Å². The molecule has 2 aromatic heterocycles. The molecule has 12 heteroatoms. The van der Waals surface area contributed by atoms with Gasteiger partial charge in [-0.25, -0.2) is 4.68 Å². The lowest BCUT2D eigenvalue weighted by Gasteiger charge is -2.09. The first-order valence-corrected chi connectivity index (χ1v) is 11.4. The van der Waals surface area contributed by atoms with Gasteiger partial charge in [0.25, 0.3) is 11.8 Å². The van der Waals surface area contributed by atoms with Crippen LogP contribution in [0, 0.1) is 0 Å². The van der Waals surface area contributed by atoms with Crippen LogP contribution in [0.4, 0.5) is 0 Å². The van der Waals surface area contributed by atoms with Gasteiger partial charge in [-0.05, 0) is 40.8 Å². The van der Waals surface area contributed by atoms with Crippen molar-refractivity contribution in [2.75, 3.05) is 0 Å². The van der Waals surface area contributed by atoms with Crippen LogP contribution in [-0.2, 0) is 18.5 Å². The number of hydrogen-bond acceptors (Lipinski definition) is 9. The fourth-order valence-corrected chi connectivity index (χ4v) is 3.58. The van der Waals surface area contributed by atoms with E-state index in [0.29, 0.717) is 38.6 Å². The number of tetrazole rings is 1. The minimum Gasteiger partial charge on any atom is -0.456 e. The molecule has 5 rings (SSSR count). The van der Waals surface area contributed by atoms with Gasteiger partial charge in [-0.3, -0.25) is 0 Å². The van der Waals surface area contributed by atoms with Crippen molar-refractivity contribution < 1.29 is 14.0 Å². The standard InChI is InChI=1S/C24H17Cl2N7O3/c1-33-23(28-31-32-33)22(15-6-3-2-4-7-15)30-34-14-21-27-29-24(36-21)19-11-10-17(26)13-20(19)35-18-9-5-8-16(25)12-18/h2-13H,14H2,1H3/b30-22-. The Bertz CT molecular complexity index is 1520. The second-order valence-electron chi connectivity index (χ2n) is 7.41. The van der Waals surface area contributed by atoms with Crippen molar-refractivity contribution in [1.29, 1.82) is 0 Å². The van der Waals surface area contributed by atoms with E-state index in [1.54, 1.807) is 49.5 Å². The molecule has 0 radical (unpaired) electrons. The lowest BCUT2D eigenvalue weighted by atomic mass is 10.1. The van der Waals surface area contributed by atoms with Crippen molar-refractivity contribution in [3.8, 4) is 23.0 Å². The molecule has 0 unspecified atom stereocenters. The Kier molecular flexibility index (Phi) is 6.87. The van der Waals surface area contributed by atoms with Crippen LogP contribution in [0.3, 0.4) is 0 Å². The number of halogens is 2. The van der Waals surface area contributed by atoms with Crippen molar-refractivity contribution in [3.63, 3.8) is 0 Å². The molecule has 0 aliphatic carbocycles. The van der Waals surface area contributed by atoms with Gasteiger partial charge in [0.2, 0.25) is 5.82 Å². The number of hydrogen-bond donors (Lipinski definition) is 0. The zero-order chi connectivity index (χ0) is 24.9. The minimum absolute atomic E-state index is 0.0767. The largest absolute Gasteiger partial charge is 0.456 e. The van der Waals surface area contributed by atoms with E-state index in [1.165, 1.54) is 4.68 Å².